The summed E-state index contributed by atoms with van der Waals surface area (Å²) in [7, 11) is 0. The van der Waals surface area contributed by atoms with Crippen molar-refractivity contribution in [2.24, 2.45) is 5.41 Å². The third-order valence-corrected chi connectivity index (χ3v) is 7.98. The Morgan fingerprint density at radius 1 is 0.846 bits per heavy atom. The molecule has 2 N–H and O–H groups in total. The topological polar surface area (TPSA) is 62.2 Å². The number of aromatic nitrogens is 1. The number of hydrogen-bond acceptors (Lipinski definition) is 3. The fraction of sp³-hybridized carbons (Fsp3) is 0.429. The zero-order valence-corrected chi connectivity index (χ0v) is 24.1. The van der Waals surface area contributed by atoms with Crippen LogP contribution >= 0.6 is 0 Å². The number of carboxylic acid groups (broad SMARTS) is 1. The number of rotatable bonds is 17. The Kier molecular flexibility index (Phi) is 12.3. The van der Waals surface area contributed by atoms with Crippen LogP contribution in [0, 0.1) is 5.41 Å². The zero-order chi connectivity index (χ0) is 27.9. The minimum atomic E-state index is -0.700. The van der Waals surface area contributed by atoms with Crippen molar-refractivity contribution in [3.05, 3.63) is 94.8 Å². The molecule has 0 saturated carbocycles. The van der Waals surface area contributed by atoms with Crippen LogP contribution in [0.25, 0.3) is 12.2 Å². The summed E-state index contributed by atoms with van der Waals surface area (Å²) < 4.78 is 0. The van der Waals surface area contributed by atoms with Crippen LogP contribution < -0.4 is 5.32 Å². The Morgan fingerprint density at radius 2 is 1.54 bits per heavy atom. The van der Waals surface area contributed by atoms with Crippen molar-refractivity contribution in [3.63, 3.8) is 0 Å². The Bertz CT molecular complexity index is 1180. The van der Waals surface area contributed by atoms with E-state index in [1.807, 2.05) is 32.0 Å². The molecule has 0 bridgehead atoms. The summed E-state index contributed by atoms with van der Waals surface area (Å²) in [5.74, 6) is -0.700. The number of pyridine rings is 1. The molecule has 0 atom stereocenters. The van der Waals surface area contributed by atoms with Crippen molar-refractivity contribution in [1.29, 1.82) is 0 Å². The molecule has 0 amide bonds. The van der Waals surface area contributed by atoms with E-state index in [1.165, 1.54) is 43.2 Å². The molecule has 208 valence electrons. The molecule has 0 aliphatic heterocycles. The molecule has 3 rings (SSSR count). The van der Waals surface area contributed by atoms with E-state index in [1.54, 1.807) is 0 Å². The first-order valence-electron chi connectivity index (χ1n) is 14.8. The first kappa shape index (κ1) is 30.1. The van der Waals surface area contributed by atoms with E-state index in [0.29, 0.717) is 25.8 Å². The molecule has 0 fully saturated rings. The first-order valence-corrected chi connectivity index (χ1v) is 14.8. The van der Waals surface area contributed by atoms with Crippen LogP contribution in [0.2, 0.25) is 0 Å². The fourth-order valence-electron chi connectivity index (χ4n) is 5.05. The van der Waals surface area contributed by atoms with E-state index in [4.69, 9.17) is 4.98 Å². The van der Waals surface area contributed by atoms with E-state index in [0.717, 1.165) is 35.5 Å². The van der Waals surface area contributed by atoms with Gasteiger partial charge in [0.15, 0.2) is 0 Å². The molecular formula is C35H46N2O2. The fourth-order valence-corrected chi connectivity index (χ4v) is 5.05. The molecule has 0 aliphatic rings. The molecule has 0 radical (unpaired) electrons. The second kappa shape index (κ2) is 15.9. The standard InChI is InChI=1S/C35H46N2O2/c1-4-28-19-21-29(22-20-28)13-9-7-8-10-15-31-16-12-17-32(37-31)24-23-30-14-11-18-33(27-30)36-26-25-35(5-2,6-3)34(38)39/h11-12,14,16-24,27,36H,4-10,13,15,25-26H2,1-3H3,(H,38,39). The van der Waals surface area contributed by atoms with Gasteiger partial charge in [-0.05, 0) is 98.4 Å². The molecule has 4 nitrogen and oxygen atoms in total. The van der Waals surface area contributed by atoms with Crippen molar-refractivity contribution < 1.29 is 9.90 Å². The van der Waals surface area contributed by atoms with E-state index in [-0.39, 0.29) is 0 Å². The quantitative estimate of drug-likeness (QED) is 0.172. The highest BCUT2D eigenvalue weighted by Crippen LogP contribution is 2.31. The van der Waals surface area contributed by atoms with Crippen molar-refractivity contribution in [2.45, 2.75) is 85.0 Å². The van der Waals surface area contributed by atoms with Gasteiger partial charge in [0, 0.05) is 17.9 Å². The van der Waals surface area contributed by atoms with Gasteiger partial charge in [-0.3, -0.25) is 9.78 Å². The van der Waals surface area contributed by atoms with Gasteiger partial charge in [-0.25, -0.2) is 0 Å². The van der Waals surface area contributed by atoms with E-state index in [9.17, 15) is 9.90 Å². The number of carboxylic acids is 1. The van der Waals surface area contributed by atoms with Crippen LogP contribution in [-0.2, 0) is 24.1 Å². The molecule has 2 aromatic carbocycles. The Balaban J connectivity index is 1.43. The number of unbranched alkanes of at least 4 members (excludes halogenated alkanes) is 3. The monoisotopic (exact) mass is 526 g/mol. The highest BCUT2D eigenvalue weighted by molar-refractivity contribution is 5.74. The van der Waals surface area contributed by atoms with Gasteiger partial charge in [-0.1, -0.05) is 82.2 Å². The van der Waals surface area contributed by atoms with E-state index >= 15 is 0 Å². The molecule has 3 aromatic rings. The van der Waals surface area contributed by atoms with Gasteiger partial charge in [0.25, 0.3) is 0 Å². The third-order valence-electron chi connectivity index (χ3n) is 7.98. The molecule has 1 aromatic heterocycles. The lowest BCUT2D eigenvalue weighted by atomic mass is 9.79. The maximum absolute atomic E-state index is 11.7. The molecule has 1 heterocycles. The van der Waals surface area contributed by atoms with Crippen LogP contribution in [0.5, 0.6) is 0 Å². The highest BCUT2D eigenvalue weighted by atomic mass is 16.4. The van der Waals surface area contributed by atoms with E-state index in [2.05, 4.69) is 72.9 Å². The maximum Gasteiger partial charge on any atom is 0.309 e. The summed E-state index contributed by atoms with van der Waals surface area (Å²) in [4.78, 5) is 16.6. The summed E-state index contributed by atoms with van der Waals surface area (Å²) in [6.45, 7) is 6.75. The lowest BCUT2D eigenvalue weighted by molar-refractivity contribution is -0.149. The largest absolute Gasteiger partial charge is 0.481 e. The molecule has 0 saturated heterocycles. The Labute approximate surface area is 235 Å². The van der Waals surface area contributed by atoms with Crippen LogP contribution in [0.1, 0.15) is 93.8 Å². The average Bonchev–Trinajstić information content (AvgIpc) is 2.97. The maximum atomic E-state index is 11.7. The van der Waals surface area contributed by atoms with Gasteiger partial charge in [0.05, 0.1) is 11.1 Å². The Hall–Kier alpha value is -3.40. The number of anilines is 1. The van der Waals surface area contributed by atoms with Gasteiger partial charge < -0.3 is 10.4 Å². The highest BCUT2D eigenvalue weighted by Gasteiger charge is 2.34. The van der Waals surface area contributed by atoms with Crippen LogP contribution in [0.15, 0.2) is 66.7 Å². The van der Waals surface area contributed by atoms with Crippen LogP contribution in [0.3, 0.4) is 0 Å². The van der Waals surface area contributed by atoms with Crippen molar-refractivity contribution in [3.8, 4) is 0 Å². The zero-order valence-electron chi connectivity index (χ0n) is 24.1. The smallest absolute Gasteiger partial charge is 0.309 e. The van der Waals surface area contributed by atoms with E-state index < -0.39 is 11.4 Å². The second-order valence-electron chi connectivity index (χ2n) is 10.6. The summed E-state index contributed by atoms with van der Waals surface area (Å²) in [6.07, 6.45) is 14.2. The predicted octanol–water partition coefficient (Wildman–Crippen LogP) is 8.85. The minimum Gasteiger partial charge on any atom is -0.481 e. The molecule has 0 aliphatic carbocycles. The number of carbonyl (C=O) groups is 1. The third kappa shape index (κ3) is 9.69. The van der Waals surface area contributed by atoms with Crippen LogP contribution in [-0.4, -0.2) is 22.6 Å². The number of benzene rings is 2. The number of hydrogen-bond donors (Lipinski definition) is 2. The summed E-state index contributed by atoms with van der Waals surface area (Å²) >= 11 is 0. The number of nitrogens with zero attached hydrogens (tertiary/aromatic N) is 1. The summed E-state index contributed by atoms with van der Waals surface area (Å²) in [5, 5.41) is 13.1. The SMILES string of the molecule is CCc1ccc(CCCCCCc2cccc(C=Cc3cccc(NCCC(CC)(CC)C(=O)O)c3)n2)cc1. The Morgan fingerprint density at radius 3 is 2.23 bits per heavy atom. The predicted molar refractivity (Wildman–Crippen MR) is 165 cm³/mol. The van der Waals surface area contributed by atoms with Crippen molar-refractivity contribution in [1.82, 2.24) is 4.98 Å². The van der Waals surface area contributed by atoms with Gasteiger partial charge in [0.2, 0.25) is 0 Å². The second-order valence-corrected chi connectivity index (χ2v) is 10.6. The normalized spacial score (nSPS) is 11.7. The summed E-state index contributed by atoms with van der Waals surface area (Å²) in [6, 6.07) is 23.6. The number of aliphatic carboxylic acids is 1. The molecule has 39 heavy (non-hydrogen) atoms. The van der Waals surface area contributed by atoms with Gasteiger partial charge in [-0.2, -0.15) is 0 Å². The molecule has 4 heteroatoms. The van der Waals surface area contributed by atoms with Gasteiger partial charge >= 0.3 is 5.97 Å². The molecular weight excluding hydrogens is 480 g/mol. The number of aryl methyl sites for hydroxylation is 3. The minimum absolute atomic E-state index is 0.610. The van der Waals surface area contributed by atoms with Crippen molar-refractivity contribution >= 4 is 23.8 Å². The first-order chi connectivity index (χ1) is 19.0. The van der Waals surface area contributed by atoms with Gasteiger partial charge in [-0.15, -0.1) is 0 Å². The van der Waals surface area contributed by atoms with Crippen molar-refractivity contribution in [2.75, 3.05) is 11.9 Å². The number of nitrogens with one attached hydrogen (secondary N) is 1. The average molecular weight is 527 g/mol. The van der Waals surface area contributed by atoms with Gasteiger partial charge in [0.1, 0.15) is 0 Å². The van der Waals surface area contributed by atoms with Crippen LogP contribution in [0.4, 0.5) is 5.69 Å². The molecule has 0 spiro atoms. The lowest BCUT2D eigenvalue weighted by Crippen LogP contribution is -2.31. The summed E-state index contributed by atoms with van der Waals surface area (Å²) in [5.41, 5.74) is 6.42. The molecule has 0 unspecified atom stereocenters. The lowest BCUT2D eigenvalue weighted by Gasteiger charge is -2.26.